The second-order valence-electron chi connectivity index (χ2n) is 10.9. The second-order valence-corrected chi connectivity index (χ2v) is 11.3. The van der Waals surface area contributed by atoms with Gasteiger partial charge in [0.2, 0.25) is 5.72 Å². The molecule has 1 aliphatic heterocycles. The maximum Gasteiger partial charge on any atom is 0.436 e. The van der Waals surface area contributed by atoms with Crippen LogP contribution in [-0.4, -0.2) is 52.4 Å². The Bertz CT molecular complexity index is 1670. The number of hydrogen-bond donors (Lipinski definition) is 2. The SMILES string of the molecule is CN1CC[N+](C#N)(C(=O)Nc2ccc(Cl)cc2)C(c2ccccc2)C1(Cc1ccccc1)OC(=O)N(Cc1ccccc1)N=N. The smallest absolute Gasteiger partial charge is 0.419 e. The van der Waals surface area contributed by atoms with Gasteiger partial charge in [0.15, 0.2) is 6.04 Å². The van der Waals surface area contributed by atoms with E-state index >= 15 is 0 Å². The van der Waals surface area contributed by atoms with Crippen LogP contribution in [0.2, 0.25) is 5.02 Å². The monoisotopic (exact) mass is 622 g/mol. The number of urea groups is 1. The van der Waals surface area contributed by atoms with Gasteiger partial charge in [0, 0.05) is 22.7 Å². The number of benzene rings is 4. The van der Waals surface area contributed by atoms with E-state index in [-0.39, 0.29) is 26.1 Å². The first-order valence-corrected chi connectivity index (χ1v) is 14.8. The van der Waals surface area contributed by atoms with Crippen LogP contribution in [0.5, 0.6) is 0 Å². The molecule has 3 amide bonds. The zero-order chi connectivity index (χ0) is 31.9. The van der Waals surface area contributed by atoms with Gasteiger partial charge in [0.25, 0.3) is 0 Å². The molecule has 5 rings (SSSR count). The zero-order valence-corrected chi connectivity index (χ0v) is 25.5. The number of halogens is 1. The van der Waals surface area contributed by atoms with Crippen LogP contribution < -0.4 is 5.32 Å². The molecule has 0 radical (unpaired) electrons. The minimum absolute atomic E-state index is 0.000386. The van der Waals surface area contributed by atoms with E-state index in [9.17, 15) is 14.9 Å². The molecule has 2 N–H and O–H groups in total. The maximum atomic E-state index is 14.3. The van der Waals surface area contributed by atoms with Crippen LogP contribution in [0.1, 0.15) is 22.7 Å². The number of nitriles is 1. The third-order valence-corrected chi connectivity index (χ3v) is 8.38. The molecule has 0 bridgehead atoms. The first-order chi connectivity index (χ1) is 21.8. The van der Waals surface area contributed by atoms with Crippen LogP contribution in [-0.2, 0) is 17.7 Å². The molecule has 11 heteroatoms. The van der Waals surface area contributed by atoms with Crippen molar-refractivity contribution < 1.29 is 18.8 Å². The highest BCUT2D eigenvalue weighted by Crippen LogP contribution is 2.47. The first-order valence-electron chi connectivity index (χ1n) is 14.4. The molecular weight excluding hydrogens is 590 g/mol. The highest BCUT2D eigenvalue weighted by atomic mass is 35.5. The molecule has 1 heterocycles. The highest BCUT2D eigenvalue weighted by Gasteiger charge is 2.65. The van der Waals surface area contributed by atoms with Gasteiger partial charge in [0.05, 0.1) is 13.1 Å². The molecule has 228 valence electrons. The summed E-state index contributed by atoms with van der Waals surface area (Å²) in [5.74, 6) is 0. The number of anilines is 1. The molecular formula is C34H33ClN7O3+. The summed E-state index contributed by atoms with van der Waals surface area (Å²) in [6.45, 7) is 0.345. The number of quaternary nitrogens is 1. The molecule has 4 aromatic carbocycles. The molecule has 10 nitrogen and oxygen atoms in total. The summed E-state index contributed by atoms with van der Waals surface area (Å²) >= 11 is 6.07. The van der Waals surface area contributed by atoms with Gasteiger partial charge in [-0.05, 0) is 42.4 Å². The quantitative estimate of drug-likeness (QED) is 0.0919. The molecule has 4 aromatic rings. The van der Waals surface area contributed by atoms with E-state index in [1.54, 1.807) is 24.3 Å². The Balaban J connectivity index is 1.65. The van der Waals surface area contributed by atoms with Crippen LogP contribution >= 0.6 is 11.6 Å². The lowest BCUT2D eigenvalue weighted by molar-refractivity contribution is -0.838. The Morgan fingerprint density at radius 3 is 2.16 bits per heavy atom. The number of nitrogens with zero attached hydrogens (tertiary/aromatic N) is 5. The Kier molecular flexibility index (Phi) is 9.54. The summed E-state index contributed by atoms with van der Waals surface area (Å²) in [6, 6.07) is 32.8. The number of nitrogens with one attached hydrogen (secondary N) is 2. The number of rotatable bonds is 8. The number of ether oxygens (including phenoxy) is 1. The molecule has 0 aliphatic carbocycles. The number of likely N-dealkylation sites (N-methyl/N-ethyl adjacent to an activating group) is 1. The van der Waals surface area contributed by atoms with E-state index in [4.69, 9.17) is 21.9 Å². The predicted molar refractivity (Wildman–Crippen MR) is 170 cm³/mol. The van der Waals surface area contributed by atoms with Crippen molar-refractivity contribution in [3.8, 4) is 6.19 Å². The Morgan fingerprint density at radius 1 is 1.00 bits per heavy atom. The van der Waals surface area contributed by atoms with Crippen molar-refractivity contribution in [2.45, 2.75) is 24.7 Å². The Labute approximate surface area is 267 Å². The maximum absolute atomic E-state index is 14.3. The van der Waals surface area contributed by atoms with Gasteiger partial charge < -0.3 is 4.74 Å². The minimum Gasteiger partial charge on any atom is -0.419 e. The standard InChI is InChI=1S/C34H32ClN7O3/c1-40-21-22-42(25-36,32(43)38-30-19-17-29(35)18-20-30)31(28-15-9-4-10-16-28)34(40,23-26-11-5-2-6-12-26)45-33(44)41(39-37)24-27-13-7-3-8-14-27/h2-20,31,37H,21-24H2,1H3/p+1. The summed E-state index contributed by atoms with van der Waals surface area (Å²) in [6.07, 6.45) is 1.58. The van der Waals surface area contributed by atoms with E-state index in [0.29, 0.717) is 16.3 Å². The van der Waals surface area contributed by atoms with Crippen LogP contribution in [0.3, 0.4) is 0 Å². The number of carbonyl (C=O) groups is 2. The number of amides is 3. The lowest BCUT2D eigenvalue weighted by Gasteiger charge is -2.53. The van der Waals surface area contributed by atoms with Crippen molar-refractivity contribution in [3.63, 3.8) is 0 Å². The van der Waals surface area contributed by atoms with Gasteiger partial charge in [-0.2, -0.15) is 10.5 Å². The van der Waals surface area contributed by atoms with Crippen molar-refractivity contribution in [3.05, 3.63) is 137 Å². The topological polar surface area (TPSA) is 122 Å². The third kappa shape index (κ3) is 6.56. The minimum atomic E-state index is -1.56. The fraction of sp³-hybridized carbons (Fsp3) is 0.206. The van der Waals surface area contributed by atoms with E-state index in [1.165, 1.54) is 0 Å². The molecule has 1 fully saturated rings. The lowest BCUT2D eigenvalue weighted by atomic mass is 9.84. The summed E-state index contributed by atoms with van der Waals surface area (Å²) in [5, 5.41) is 18.8. The Morgan fingerprint density at radius 2 is 1.58 bits per heavy atom. The summed E-state index contributed by atoms with van der Waals surface area (Å²) in [4.78, 5) is 30.2. The largest absolute Gasteiger partial charge is 0.436 e. The van der Waals surface area contributed by atoms with Gasteiger partial charge in [-0.25, -0.2) is 9.59 Å². The van der Waals surface area contributed by atoms with Crippen LogP contribution in [0, 0.1) is 17.0 Å². The van der Waals surface area contributed by atoms with Gasteiger partial charge >= 0.3 is 18.3 Å². The lowest BCUT2D eigenvalue weighted by Crippen LogP contribution is -2.73. The average molecular weight is 623 g/mol. The zero-order valence-electron chi connectivity index (χ0n) is 24.7. The van der Waals surface area contributed by atoms with Crippen LogP contribution in [0.15, 0.2) is 120 Å². The molecule has 3 unspecified atom stereocenters. The van der Waals surface area contributed by atoms with Gasteiger partial charge in [-0.1, -0.05) is 108 Å². The summed E-state index contributed by atoms with van der Waals surface area (Å²) in [5.41, 5.74) is 8.94. The van der Waals surface area contributed by atoms with Crippen molar-refractivity contribution in [2.24, 2.45) is 5.22 Å². The van der Waals surface area contributed by atoms with Crippen molar-refractivity contribution >= 4 is 29.4 Å². The van der Waals surface area contributed by atoms with Crippen LogP contribution in [0.4, 0.5) is 15.3 Å². The predicted octanol–water partition coefficient (Wildman–Crippen LogP) is 7.38. The molecule has 0 saturated carbocycles. The fourth-order valence-electron chi connectivity index (χ4n) is 5.85. The van der Waals surface area contributed by atoms with Crippen LogP contribution in [0.25, 0.3) is 0 Å². The van der Waals surface area contributed by atoms with E-state index in [2.05, 4.69) is 16.7 Å². The number of piperazine rings is 1. The van der Waals surface area contributed by atoms with E-state index < -0.39 is 28.4 Å². The molecule has 0 aromatic heterocycles. The molecule has 1 aliphatic rings. The summed E-state index contributed by atoms with van der Waals surface area (Å²) < 4.78 is 5.77. The van der Waals surface area contributed by atoms with Crippen molar-refractivity contribution in [1.29, 1.82) is 10.8 Å². The third-order valence-electron chi connectivity index (χ3n) is 8.12. The molecule has 1 saturated heterocycles. The number of hydrogen-bond acceptors (Lipinski definition) is 7. The van der Waals surface area contributed by atoms with Gasteiger partial charge in [0.1, 0.15) is 6.54 Å². The fourth-order valence-corrected chi connectivity index (χ4v) is 5.97. The first kappa shape index (κ1) is 31.3. The average Bonchev–Trinajstić information content (AvgIpc) is 3.07. The summed E-state index contributed by atoms with van der Waals surface area (Å²) in [7, 11) is 1.81. The normalized spacial score (nSPS) is 21.2. The second kappa shape index (κ2) is 13.7. The van der Waals surface area contributed by atoms with E-state index in [1.807, 2.05) is 103 Å². The van der Waals surface area contributed by atoms with Gasteiger partial charge in [-0.3, -0.25) is 10.2 Å². The van der Waals surface area contributed by atoms with Crippen molar-refractivity contribution in [2.75, 3.05) is 25.5 Å². The Hall–Kier alpha value is -5.08. The van der Waals surface area contributed by atoms with E-state index in [0.717, 1.165) is 16.1 Å². The number of carbonyl (C=O) groups excluding carboxylic acids is 2. The molecule has 0 spiro atoms. The molecule has 45 heavy (non-hydrogen) atoms. The van der Waals surface area contributed by atoms with Crippen molar-refractivity contribution in [1.82, 2.24) is 9.91 Å². The van der Waals surface area contributed by atoms with Gasteiger partial charge in [-0.15, -0.1) is 9.74 Å². The highest BCUT2D eigenvalue weighted by molar-refractivity contribution is 6.30. The molecule has 3 atom stereocenters.